The van der Waals surface area contributed by atoms with Crippen LogP contribution in [0.3, 0.4) is 0 Å². The summed E-state index contributed by atoms with van der Waals surface area (Å²) in [5.74, 6) is -0.103. The highest BCUT2D eigenvalue weighted by molar-refractivity contribution is 6.03. The van der Waals surface area contributed by atoms with E-state index in [2.05, 4.69) is 16.0 Å². The highest BCUT2D eigenvalue weighted by Gasteiger charge is 2.25. The summed E-state index contributed by atoms with van der Waals surface area (Å²) in [6.07, 6.45) is 4.44. The average molecular weight is 289 g/mol. The summed E-state index contributed by atoms with van der Waals surface area (Å²) < 4.78 is 0. The van der Waals surface area contributed by atoms with Crippen LogP contribution in [0.5, 0.6) is 0 Å². The molecule has 2 aliphatic rings. The van der Waals surface area contributed by atoms with Crippen molar-refractivity contribution in [1.29, 1.82) is 0 Å². The first-order valence-electron chi connectivity index (χ1n) is 7.85. The highest BCUT2D eigenvalue weighted by Crippen LogP contribution is 2.28. The van der Waals surface area contributed by atoms with E-state index >= 15 is 0 Å². The fourth-order valence-corrected chi connectivity index (χ4v) is 3.17. The fraction of sp³-hybridized carbons (Fsp3) is 0.562. The van der Waals surface area contributed by atoms with E-state index in [-0.39, 0.29) is 11.9 Å². The van der Waals surface area contributed by atoms with Gasteiger partial charge < -0.3 is 21.1 Å². The molecule has 4 N–H and O–H groups in total. The topological polar surface area (TPSA) is 73.4 Å². The zero-order valence-corrected chi connectivity index (χ0v) is 12.2. The van der Waals surface area contributed by atoms with Crippen LogP contribution in [0.2, 0.25) is 0 Å². The van der Waals surface area contributed by atoms with Gasteiger partial charge >= 0.3 is 0 Å². The van der Waals surface area contributed by atoms with Crippen molar-refractivity contribution in [3.8, 4) is 0 Å². The Bertz CT molecular complexity index is 518. The number of amides is 1. The molecule has 0 aromatic heterocycles. The largest absolute Gasteiger partial charge is 0.391 e. The van der Waals surface area contributed by atoms with Crippen LogP contribution in [0.25, 0.3) is 0 Å². The molecule has 2 unspecified atom stereocenters. The van der Waals surface area contributed by atoms with Crippen LogP contribution in [0.15, 0.2) is 18.2 Å². The van der Waals surface area contributed by atoms with Gasteiger partial charge in [0.15, 0.2) is 0 Å². The van der Waals surface area contributed by atoms with E-state index in [4.69, 9.17) is 0 Å². The molecule has 1 saturated carbocycles. The SMILES string of the molecule is O=C(NC1CCCCCC1O)c1cccc2c1NCCN2. The van der Waals surface area contributed by atoms with Gasteiger partial charge in [0.05, 0.1) is 29.1 Å². The van der Waals surface area contributed by atoms with Crippen LogP contribution in [-0.2, 0) is 0 Å². The van der Waals surface area contributed by atoms with Gasteiger partial charge in [0.2, 0.25) is 0 Å². The van der Waals surface area contributed by atoms with Crippen molar-refractivity contribution in [2.75, 3.05) is 23.7 Å². The predicted octanol–water partition coefficient (Wildman–Crippen LogP) is 1.95. The molecule has 5 nitrogen and oxygen atoms in total. The van der Waals surface area contributed by atoms with Crippen molar-refractivity contribution >= 4 is 17.3 Å². The third kappa shape index (κ3) is 3.13. The number of para-hydroxylation sites is 1. The molecule has 0 spiro atoms. The first-order valence-corrected chi connectivity index (χ1v) is 7.85. The van der Waals surface area contributed by atoms with Gasteiger partial charge in [-0.05, 0) is 25.0 Å². The number of hydrogen-bond donors (Lipinski definition) is 4. The summed E-state index contributed by atoms with van der Waals surface area (Å²) in [6.45, 7) is 1.67. The number of carbonyl (C=O) groups excluding carboxylic acids is 1. The van der Waals surface area contributed by atoms with E-state index in [0.29, 0.717) is 5.56 Å². The Morgan fingerprint density at radius 2 is 1.95 bits per heavy atom. The molecule has 1 heterocycles. The lowest BCUT2D eigenvalue weighted by Crippen LogP contribution is -2.43. The lowest BCUT2D eigenvalue weighted by atomic mass is 10.0. The van der Waals surface area contributed by atoms with Gasteiger partial charge in [-0.3, -0.25) is 4.79 Å². The van der Waals surface area contributed by atoms with E-state index in [0.717, 1.165) is 56.6 Å². The summed E-state index contributed by atoms with van der Waals surface area (Å²) in [5, 5.41) is 19.7. The maximum absolute atomic E-state index is 12.6. The summed E-state index contributed by atoms with van der Waals surface area (Å²) >= 11 is 0. The average Bonchev–Trinajstić information content (AvgIpc) is 2.71. The number of benzene rings is 1. The second kappa shape index (κ2) is 6.35. The first kappa shape index (κ1) is 14.2. The van der Waals surface area contributed by atoms with Crippen LogP contribution in [0.4, 0.5) is 11.4 Å². The number of hydrogen-bond acceptors (Lipinski definition) is 4. The molecule has 5 heteroatoms. The minimum absolute atomic E-state index is 0.103. The quantitative estimate of drug-likeness (QED) is 0.628. The Hall–Kier alpha value is -1.75. The number of aliphatic hydroxyl groups is 1. The summed E-state index contributed by atoms with van der Waals surface area (Å²) in [5.41, 5.74) is 2.48. The van der Waals surface area contributed by atoms with Gasteiger partial charge in [-0.1, -0.05) is 25.3 Å². The van der Waals surface area contributed by atoms with E-state index in [9.17, 15) is 9.90 Å². The maximum atomic E-state index is 12.6. The zero-order valence-electron chi connectivity index (χ0n) is 12.2. The van der Waals surface area contributed by atoms with Crippen molar-refractivity contribution in [1.82, 2.24) is 5.32 Å². The molecule has 1 aliphatic heterocycles. The Morgan fingerprint density at radius 1 is 1.14 bits per heavy atom. The van der Waals surface area contributed by atoms with Gasteiger partial charge in [0, 0.05) is 13.1 Å². The minimum Gasteiger partial charge on any atom is -0.391 e. The maximum Gasteiger partial charge on any atom is 0.253 e. The zero-order chi connectivity index (χ0) is 14.7. The standard InChI is InChI=1S/C16H23N3O2/c20-14-8-3-1-2-6-12(14)19-16(21)11-5-4-7-13-15(11)18-10-9-17-13/h4-5,7,12,14,17-18,20H,1-3,6,8-10H2,(H,19,21). The van der Waals surface area contributed by atoms with E-state index in [1.807, 2.05) is 18.2 Å². The smallest absolute Gasteiger partial charge is 0.253 e. The molecule has 0 bridgehead atoms. The molecule has 1 aliphatic carbocycles. The van der Waals surface area contributed by atoms with Gasteiger partial charge in [-0.25, -0.2) is 0 Å². The Balaban J connectivity index is 1.76. The first-order chi connectivity index (χ1) is 10.3. The lowest BCUT2D eigenvalue weighted by molar-refractivity contribution is 0.0819. The molecule has 0 saturated heterocycles. The predicted molar refractivity (Wildman–Crippen MR) is 83.8 cm³/mol. The molecule has 1 aromatic carbocycles. The van der Waals surface area contributed by atoms with Crippen molar-refractivity contribution < 1.29 is 9.90 Å². The molecule has 1 aromatic rings. The molecule has 114 valence electrons. The number of fused-ring (bicyclic) bond motifs is 1. The Morgan fingerprint density at radius 3 is 2.86 bits per heavy atom. The molecule has 21 heavy (non-hydrogen) atoms. The molecule has 1 fully saturated rings. The van der Waals surface area contributed by atoms with E-state index in [1.54, 1.807) is 0 Å². The van der Waals surface area contributed by atoms with Gasteiger partial charge in [0.25, 0.3) is 5.91 Å². The second-order valence-electron chi connectivity index (χ2n) is 5.87. The summed E-state index contributed by atoms with van der Waals surface area (Å²) in [6, 6.07) is 5.56. The monoisotopic (exact) mass is 289 g/mol. The van der Waals surface area contributed by atoms with Gasteiger partial charge in [0.1, 0.15) is 0 Å². The fourth-order valence-electron chi connectivity index (χ4n) is 3.17. The van der Waals surface area contributed by atoms with Crippen LogP contribution in [0, 0.1) is 0 Å². The summed E-state index contributed by atoms with van der Waals surface area (Å²) in [4.78, 5) is 12.6. The Kier molecular flexibility index (Phi) is 4.29. The normalized spacial score (nSPS) is 25.0. The van der Waals surface area contributed by atoms with Crippen molar-refractivity contribution in [2.45, 2.75) is 44.2 Å². The van der Waals surface area contributed by atoms with Crippen LogP contribution in [-0.4, -0.2) is 36.2 Å². The molecular formula is C16H23N3O2. The third-order valence-corrected chi connectivity index (χ3v) is 4.35. The summed E-state index contributed by atoms with van der Waals surface area (Å²) in [7, 11) is 0. The Labute approximate surface area is 125 Å². The minimum atomic E-state index is -0.429. The molecule has 2 atom stereocenters. The number of carbonyl (C=O) groups is 1. The number of nitrogens with one attached hydrogen (secondary N) is 3. The molecule has 1 amide bonds. The van der Waals surface area contributed by atoms with E-state index < -0.39 is 6.10 Å². The van der Waals surface area contributed by atoms with Crippen LogP contribution in [0.1, 0.15) is 42.5 Å². The van der Waals surface area contributed by atoms with Crippen LogP contribution < -0.4 is 16.0 Å². The second-order valence-corrected chi connectivity index (χ2v) is 5.87. The number of rotatable bonds is 2. The van der Waals surface area contributed by atoms with Crippen molar-refractivity contribution in [3.63, 3.8) is 0 Å². The van der Waals surface area contributed by atoms with Gasteiger partial charge in [-0.15, -0.1) is 0 Å². The lowest BCUT2D eigenvalue weighted by Gasteiger charge is -2.25. The highest BCUT2D eigenvalue weighted by atomic mass is 16.3. The number of anilines is 2. The van der Waals surface area contributed by atoms with Crippen LogP contribution >= 0.6 is 0 Å². The van der Waals surface area contributed by atoms with E-state index in [1.165, 1.54) is 0 Å². The van der Waals surface area contributed by atoms with Crippen molar-refractivity contribution in [3.05, 3.63) is 23.8 Å². The molecule has 3 rings (SSSR count). The molecular weight excluding hydrogens is 266 g/mol. The molecule has 0 radical (unpaired) electrons. The van der Waals surface area contributed by atoms with Gasteiger partial charge in [-0.2, -0.15) is 0 Å². The van der Waals surface area contributed by atoms with Crippen molar-refractivity contribution in [2.24, 2.45) is 0 Å². The third-order valence-electron chi connectivity index (χ3n) is 4.35. The number of aliphatic hydroxyl groups excluding tert-OH is 1.